The molecule has 7 nitrogen and oxygen atoms in total. The highest BCUT2D eigenvalue weighted by Crippen LogP contribution is 2.25. The van der Waals surface area contributed by atoms with Gasteiger partial charge in [-0.15, -0.1) is 0 Å². The predicted molar refractivity (Wildman–Crippen MR) is 108 cm³/mol. The van der Waals surface area contributed by atoms with Crippen LogP contribution in [-0.4, -0.2) is 21.6 Å². The van der Waals surface area contributed by atoms with Crippen LogP contribution >= 0.6 is 11.6 Å². The zero-order chi connectivity index (χ0) is 21.1. The molecule has 0 saturated carbocycles. The second-order valence-corrected chi connectivity index (χ2v) is 6.67. The van der Waals surface area contributed by atoms with Crippen LogP contribution in [0.15, 0.2) is 53.6 Å². The molecule has 1 aromatic heterocycles. The van der Waals surface area contributed by atoms with Crippen molar-refractivity contribution in [1.29, 1.82) is 0 Å². The summed E-state index contributed by atoms with van der Waals surface area (Å²) in [7, 11) is 0. The summed E-state index contributed by atoms with van der Waals surface area (Å²) in [5, 5.41) is 14.8. The minimum absolute atomic E-state index is 0.0525. The first-order chi connectivity index (χ1) is 13.8. The number of amides is 1. The third-order valence-corrected chi connectivity index (χ3v) is 4.65. The molecule has 0 radical (unpaired) electrons. The van der Waals surface area contributed by atoms with Crippen LogP contribution in [0, 0.1) is 29.8 Å². The molecule has 1 N–H and O–H groups in total. The summed E-state index contributed by atoms with van der Waals surface area (Å²) in [6, 6.07) is 11.7. The van der Waals surface area contributed by atoms with E-state index in [2.05, 4.69) is 10.5 Å². The zero-order valence-electron chi connectivity index (χ0n) is 15.5. The van der Waals surface area contributed by atoms with Gasteiger partial charge in [-0.25, -0.2) is 9.82 Å². The number of aryl methyl sites for hydroxylation is 1. The van der Waals surface area contributed by atoms with Gasteiger partial charge in [-0.1, -0.05) is 11.6 Å². The monoisotopic (exact) mass is 414 g/mol. The van der Waals surface area contributed by atoms with Crippen molar-refractivity contribution >= 4 is 29.4 Å². The van der Waals surface area contributed by atoms with E-state index in [0.717, 1.165) is 28.7 Å². The third kappa shape index (κ3) is 4.33. The molecule has 0 aliphatic rings. The van der Waals surface area contributed by atoms with Crippen molar-refractivity contribution in [3.8, 4) is 5.69 Å². The zero-order valence-corrected chi connectivity index (χ0v) is 16.3. The first-order valence-electron chi connectivity index (χ1n) is 8.50. The van der Waals surface area contributed by atoms with Crippen molar-refractivity contribution < 1.29 is 14.1 Å². The first kappa shape index (κ1) is 20.2. The quantitative estimate of drug-likeness (QED) is 0.377. The van der Waals surface area contributed by atoms with Gasteiger partial charge in [0.1, 0.15) is 10.8 Å². The van der Waals surface area contributed by atoms with Crippen molar-refractivity contribution in [3.63, 3.8) is 0 Å². The highest BCUT2D eigenvalue weighted by molar-refractivity contribution is 6.32. The van der Waals surface area contributed by atoms with Crippen molar-refractivity contribution in [3.05, 3.63) is 92.0 Å². The first-order valence-corrected chi connectivity index (χ1v) is 8.88. The summed E-state index contributed by atoms with van der Waals surface area (Å²) < 4.78 is 15.1. The van der Waals surface area contributed by atoms with Gasteiger partial charge < -0.3 is 4.57 Å². The lowest BCUT2D eigenvalue weighted by molar-refractivity contribution is -0.384. The number of nitrogens with one attached hydrogen (secondary N) is 1. The normalized spacial score (nSPS) is 11.0. The van der Waals surface area contributed by atoms with E-state index in [1.165, 1.54) is 30.5 Å². The number of nitro groups is 1. The molecule has 0 bridgehead atoms. The van der Waals surface area contributed by atoms with Gasteiger partial charge in [0.15, 0.2) is 0 Å². The number of nitro benzene ring substituents is 1. The van der Waals surface area contributed by atoms with Gasteiger partial charge in [0.2, 0.25) is 0 Å². The second-order valence-electron chi connectivity index (χ2n) is 6.26. The van der Waals surface area contributed by atoms with Crippen molar-refractivity contribution in [2.24, 2.45) is 5.10 Å². The Morgan fingerprint density at radius 2 is 1.90 bits per heavy atom. The number of carbonyl (C=O) groups excluding carboxylic acids is 1. The molecule has 148 valence electrons. The van der Waals surface area contributed by atoms with E-state index < -0.39 is 10.8 Å². The SMILES string of the molecule is Cc1cc(/C=N\NC(=O)c2ccc(Cl)c([N+](=O)[O-])c2)c(C)n1-c1ccc(F)cc1. The van der Waals surface area contributed by atoms with E-state index in [1.807, 2.05) is 24.5 Å². The largest absolute Gasteiger partial charge is 0.318 e. The summed E-state index contributed by atoms with van der Waals surface area (Å²) in [6.07, 6.45) is 1.48. The number of hydrogen-bond donors (Lipinski definition) is 1. The van der Waals surface area contributed by atoms with Crippen molar-refractivity contribution in [1.82, 2.24) is 9.99 Å². The number of hydrazone groups is 1. The smallest absolute Gasteiger partial charge is 0.288 e. The Morgan fingerprint density at radius 1 is 1.21 bits per heavy atom. The maximum atomic E-state index is 13.2. The lowest BCUT2D eigenvalue weighted by atomic mass is 10.2. The molecule has 0 fully saturated rings. The lowest BCUT2D eigenvalue weighted by Crippen LogP contribution is -2.17. The van der Waals surface area contributed by atoms with Gasteiger partial charge in [-0.05, 0) is 56.3 Å². The highest BCUT2D eigenvalue weighted by atomic mass is 35.5. The molecule has 0 saturated heterocycles. The van der Waals surface area contributed by atoms with E-state index in [9.17, 15) is 19.3 Å². The average molecular weight is 415 g/mol. The van der Waals surface area contributed by atoms with Gasteiger partial charge in [0.25, 0.3) is 11.6 Å². The maximum Gasteiger partial charge on any atom is 0.288 e. The number of hydrogen-bond acceptors (Lipinski definition) is 4. The van der Waals surface area contributed by atoms with E-state index in [1.54, 1.807) is 12.1 Å². The van der Waals surface area contributed by atoms with Crippen LogP contribution in [0.1, 0.15) is 27.3 Å². The van der Waals surface area contributed by atoms with Crippen LogP contribution in [0.5, 0.6) is 0 Å². The molecular weight excluding hydrogens is 399 g/mol. The standard InChI is InChI=1S/C20H16ClFN4O3/c1-12-9-15(13(2)25(12)17-6-4-16(22)5-7-17)11-23-24-20(27)14-3-8-18(21)19(10-14)26(28)29/h3-11H,1-2H3,(H,24,27)/b23-11-. The molecule has 9 heteroatoms. The van der Waals surface area contributed by atoms with E-state index >= 15 is 0 Å². The molecule has 3 aromatic rings. The Bertz CT molecular complexity index is 1120. The highest BCUT2D eigenvalue weighted by Gasteiger charge is 2.16. The number of aromatic nitrogens is 1. The number of benzene rings is 2. The molecule has 2 aromatic carbocycles. The third-order valence-electron chi connectivity index (χ3n) is 4.33. The van der Waals surface area contributed by atoms with Gasteiger partial charge in [-0.2, -0.15) is 5.10 Å². The van der Waals surface area contributed by atoms with Crippen LogP contribution in [-0.2, 0) is 0 Å². The van der Waals surface area contributed by atoms with Crippen LogP contribution < -0.4 is 5.43 Å². The summed E-state index contributed by atoms with van der Waals surface area (Å²) >= 11 is 5.75. The van der Waals surface area contributed by atoms with E-state index in [4.69, 9.17) is 11.6 Å². The van der Waals surface area contributed by atoms with Crippen LogP contribution in [0.2, 0.25) is 5.02 Å². The van der Waals surface area contributed by atoms with E-state index in [0.29, 0.717) is 0 Å². The predicted octanol–water partition coefficient (Wildman–Crippen LogP) is 4.56. The summed E-state index contributed by atoms with van der Waals surface area (Å²) in [5.41, 5.74) is 5.38. The number of halogens is 2. The van der Waals surface area contributed by atoms with Crippen LogP contribution in [0.4, 0.5) is 10.1 Å². The fraction of sp³-hybridized carbons (Fsp3) is 0.100. The molecule has 0 unspecified atom stereocenters. The Balaban J connectivity index is 1.78. The molecule has 0 aliphatic heterocycles. The Labute approximate surface area is 170 Å². The molecule has 0 atom stereocenters. The molecule has 29 heavy (non-hydrogen) atoms. The number of rotatable bonds is 5. The molecule has 0 spiro atoms. The van der Waals surface area contributed by atoms with E-state index in [-0.39, 0.29) is 22.1 Å². The minimum atomic E-state index is -0.660. The van der Waals surface area contributed by atoms with Crippen molar-refractivity contribution in [2.45, 2.75) is 13.8 Å². The average Bonchev–Trinajstić information content (AvgIpc) is 2.96. The minimum Gasteiger partial charge on any atom is -0.318 e. The molecule has 1 amide bonds. The van der Waals surface area contributed by atoms with Crippen LogP contribution in [0.25, 0.3) is 5.69 Å². The Morgan fingerprint density at radius 3 is 2.55 bits per heavy atom. The topological polar surface area (TPSA) is 89.5 Å². The Kier molecular flexibility index (Phi) is 5.74. The fourth-order valence-corrected chi connectivity index (χ4v) is 3.11. The second kappa shape index (κ2) is 8.24. The van der Waals surface area contributed by atoms with Gasteiger partial charge in [-0.3, -0.25) is 14.9 Å². The Hall–Kier alpha value is -3.52. The fourth-order valence-electron chi connectivity index (χ4n) is 2.92. The van der Waals surface area contributed by atoms with Crippen molar-refractivity contribution in [2.75, 3.05) is 0 Å². The van der Waals surface area contributed by atoms with Gasteiger partial charge in [0.05, 0.1) is 11.1 Å². The molecule has 1 heterocycles. The maximum absolute atomic E-state index is 13.2. The summed E-state index contributed by atoms with van der Waals surface area (Å²) in [4.78, 5) is 22.5. The van der Waals surface area contributed by atoms with Crippen LogP contribution in [0.3, 0.4) is 0 Å². The molecule has 0 aliphatic carbocycles. The summed E-state index contributed by atoms with van der Waals surface area (Å²) in [6.45, 7) is 3.78. The molecular formula is C20H16ClFN4O3. The number of carbonyl (C=O) groups is 1. The van der Waals surface area contributed by atoms with Gasteiger partial charge >= 0.3 is 0 Å². The van der Waals surface area contributed by atoms with Gasteiger partial charge in [0, 0.05) is 34.3 Å². The number of nitrogens with zero attached hydrogens (tertiary/aromatic N) is 3. The lowest BCUT2D eigenvalue weighted by Gasteiger charge is -2.09. The summed E-state index contributed by atoms with van der Waals surface area (Å²) in [5.74, 6) is -0.920. The molecule has 3 rings (SSSR count).